The molecule has 1 amide bonds. The number of benzene rings is 3. The van der Waals surface area contributed by atoms with Crippen molar-refractivity contribution in [1.29, 1.82) is 0 Å². The van der Waals surface area contributed by atoms with E-state index in [1.165, 1.54) is 24.3 Å². The number of nitrogens with zero attached hydrogens (tertiary/aromatic N) is 1. The minimum Gasteiger partial charge on any atom is -0.366 e. The van der Waals surface area contributed by atoms with Crippen LogP contribution in [0.4, 0.5) is 23.2 Å². The minimum absolute atomic E-state index is 0.0146. The van der Waals surface area contributed by atoms with E-state index >= 15 is 0 Å². The van der Waals surface area contributed by atoms with Gasteiger partial charge >= 0.3 is 6.18 Å². The molecule has 0 aromatic heterocycles. The Labute approximate surface area is 225 Å². The van der Waals surface area contributed by atoms with Crippen molar-refractivity contribution in [2.24, 2.45) is 5.73 Å². The Bertz CT molecular complexity index is 1420. The first-order chi connectivity index (χ1) is 18.4. The van der Waals surface area contributed by atoms with Gasteiger partial charge < -0.3 is 10.6 Å². The number of halogens is 4. The van der Waals surface area contributed by atoms with E-state index in [4.69, 9.17) is 5.73 Å². The standard InChI is InChI=1S/C29H30F4N2O3S/c1-2-39(37,38)26-12-3-19(4-13-26)15-22-16-24(11-14-27(22)28(34)36)35-18-21(7-10-25(35)17-30)20-5-8-23(9-6-20)29(31,32)33/h3-6,8-9,11-14,16,21,25H,2,7,10,15,17-18H2,1H3,(H2,34,36)/t21?,25-/m0/s1. The van der Waals surface area contributed by atoms with Gasteiger partial charge in [0.25, 0.3) is 0 Å². The summed E-state index contributed by atoms with van der Waals surface area (Å²) in [5.41, 5.74) is 8.02. The highest BCUT2D eigenvalue weighted by molar-refractivity contribution is 7.91. The maximum atomic E-state index is 14.1. The van der Waals surface area contributed by atoms with Crippen molar-refractivity contribution in [2.45, 2.75) is 49.2 Å². The molecule has 5 nitrogen and oxygen atoms in total. The lowest BCUT2D eigenvalue weighted by Crippen LogP contribution is -2.44. The average molecular weight is 563 g/mol. The largest absolute Gasteiger partial charge is 0.416 e. The molecule has 1 heterocycles. The van der Waals surface area contributed by atoms with Crippen LogP contribution in [0.2, 0.25) is 0 Å². The zero-order valence-electron chi connectivity index (χ0n) is 21.4. The second-order valence-corrected chi connectivity index (χ2v) is 12.1. The lowest BCUT2D eigenvalue weighted by molar-refractivity contribution is -0.137. The summed E-state index contributed by atoms with van der Waals surface area (Å²) < 4.78 is 77.3. The highest BCUT2D eigenvalue weighted by Crippen LogP contribution is 2.36. The molecule has 2 N–H and O–H groups in total. The van der Waals surface area contributed by atoms with Gasteiger partial charge in [0, 0.05) is 23.7 Å². The lowest BCUT2D eigenvalue weighted by Gasteiger charge is -2.40. The van der Waals surface area contributed by atoms with E-state index in [1.54, 1.807) is 37.3 Å². The van der Waals surface area contributed by atoms with Crippen LogP contribution in [-0.2, 0) is 22.4 Å². The van der Waals surface area contributed by atoms with E-state index in [0.29, 0.717) is 42.6 Å². The molecular formula is C29H30F4N2O3S. The van der Waals surface area contributed by atoms with E-state index in [9.17, 15) is 30.8 Å². The second kappa shape index (κ2) is 11.4. The number of piperidine rings is 1. The summed E-state index contributed by atoms with van der Waals surface area (Å²) in [7, 11) is -3.35. The fourth-order valence-corrected chi connectivity index (χ4v) is 5.95. The summed E-state index contributed by atoms with van der Waals surface area (Å²) in [6.07, 6.45) is -2.97. The number of carbonyl (C=O) groups excluding carboxylic acids is 1. The van der Waals surface area contributed by atoms with E-state index < -0.39 is 40.2 Å². The molecule has 2 atom stereocenters. The third kappa shape index (κ3) is 6.43. The molecule has 0 spiro atoms. The minimum atomic E-state index is -4.42. The zero-order chi connectivity index (χ0) is 28.4. The summed E-state index contributed by atoms with van der Waals surface area (Å²) in [6, 6.07) is 16.2. The lowest BCUT2D eigenvalue weighted by atomic mass is 9.86. The van der Waals surface area contributed by atoms with Crippen LogP contribution in [0.5, 0.6) is 0 Å². The number of rotatable bonds is 8. The van der Waals surface area contributed by atoms with Crippen molar-refractivity contribution in [3.05, 3.63) is 94.5 Å². The van der Waals surface area contributed by atoms with Crippen molar-refractivity contribution in [2.75, 3.05) is 23.9 Å². The van der Waals surface area contributed by atoms with E-state index in [2.05, 4.69) is 0 Å². The molecule has 1 aliphatic rings. The second-order valence-electron chi connectivity index (χ2n) is 9.78. The van der Waals surface area contributed by atoms with Gasteiger partial charge in [-0.15, -0.1) is 0 Å². The van der Waals surface area contributed by atoms with Gasteiger partial charge in [0.15, 0.2) is 9.84 Å². The predicted octanol–water partition coefficient (Wildman–Crippen LogP) is 5.91. The SMILES string of the molecule is CCS(=O)(=O)c1ccc(Cc2cc(N3CC(c4ccc(C(F)(F)F)cc4)CC[C@H]3CF)ccc2C(N)=O)cc1. The van der Waals surface area contributed by atoms with Crippen molar-refractivity contribution in [1.82, 2.24) is 0 Å². The van der Waals surface area contributed by atoms with E-state index in [-0.39, 0.29) is 16.6 Å². The van der Waals surface area contributed by atoms with Gasteiger partial charge in [-0.05, 0) is 78.4 Å². The number of alkyl halides is 4. The quantitative estimate of drug-likeness (QED) is 0.346. The highest BCUT2D eigenvalue weighted by atomic mass is 32.2. The maximum Gasteiger partial charge on any atom is 0.416 e. The molecule has 39 heavy (non-hydrogen) atoms. The fourth-order valence-electron chi connectivity index (χ4n) is 5.07. The van der Waals surface area contributed by atoms with Crippen molar-refractivity contribution in [3.8, 4) is 0 Å². The molecule has 208 valence electrons. The molecule has 0 saturated carbocycles. The van der Waals surface area contributed by atoms with Gasteiger partial charge in [0.05, 0.1) is 22.3 Å². The van der Waals surface area contributed by atoms with E-state index in [0.717, 1.165) is 23.3 Å². The molecule has 3 aromatic carbocycles. The smallest absolute Gasteiger partial charge is 0.366 e. The zero-order valence-corrected chi connectivity index (χ0v) is 22.2. The Kier molecular flexibility index (Phi) is 8.34. The first-order valence-electron chi connectivity index (χ1n) is 12.7. The third-order valence-electron chi connectivity index (χ3n) is 7.34. The fraction of sp³-hybridized carbons (Fsp3) is 0.345. The number of anilines is 1. The third-order valence-corrected chi connectivity index (χ3v) is 9.09. The van der Waals surface area contributed by atoms with Crippen molar-refractivity contribution in [3.63, 3.8) is 0 Å². The molecule has 4 rings (SSSR count). The monoisotopic (exact) mass is 562 g/mol. The molecule has 1 aliphatic heterocycles. The Morgan fingerprint density at radius 1 is 1.00 bits per heavy atom. The number of hydrogen-bond donors (Lipinski definition) is 1. The maximum absolute atomic E-state index is 14.1. The number of carbonyl (C=O) groups is 1. The topological polar surface area (TPSA) is 80.5 Å². The summed E-state index contributed by atoms with van der Waals surface area (Å²) in [4.78, 5) is 14.3. The van der Waals surface area contributed by atoms with Crippen LogP contribution in [0, 0.1) is 0 Å². The molecule has 0 aliphatic carbocycles. The summed E-state index contributed by atoms with van der Waals surface area (Å²) in [5.74, 6) is -0.730. The predicted molar refractivity (Wildman–Crippen MR) is 142 cm³/mol. The normalized spacial score (nSPS) is 18.2. The number of nitrogens with two attached hydrogens (primary N) is 1. The molecule has 0 radical (unpaired) electrons. The first-order valence-corrected chi connectivity index (χ1v) is 14.3. The summed E-state index contributed by atoms with van der Waals surface area (Å²) in [5, 5.41) is 0. The molecule has 1 saturated heterocycles. The summed E-state index contributed by atoms with van der Waals surface area (Å²) in [6.45, 7) is 1.38. The van der Waals surface area contributed by atoms with Gasteiger partial charge in [0.2, 0.25) is 5.91 Å². The van der Waals surface area contributed by atoms with Gasteiger partial charge in [-0.25, -0.2) is 12.8 Å². The average Bonchev–Trinajstić information content (AvgIpc) is 2.92. The Morgan fingerprint density at radius 3 is 2.23 bits per heavy atom. The Hall–Kier alpha value is -3.40. The molecule has 1 fully saturated rings. The first kappa shape index (κ1) is 28.6. The van der Waals surface area contributed by atoms with Crippen molar-refractivity contribution < 1.29 is 30.8 Å². The van der Waals surface area contributed by atoms with Crippen LogP contribution in [0.25, 0.3) is 0 Å². The van der Waals surface area contributed by atoms with Crippen molar-refractivity contribution >= 4 is 21.4 Å². The van der Waals surface area contributed by atoms with Gasteiger partial charge in [-0.3, -0.25) is 4.79 Å². The van der Waals surface area contributed by atoms with Gasteiger partial charge in [-0.2, -0.15) is 13.2 Å². The number of amides is 1. The van der Waals surface area contributed by atoms with Gasteiger partial charge in [-0.1, -0.05) is 31.2 Å². The van der Waals surface area contributed by atoms with E-state index in [1.807, 2.05) is 4.90 Å². The molecule has 0 bridgehead atoms. The van der Waals surface area contributed by atoms with Crippen LogP contribution in [0.3, 0.4) is 0 Å². The van der Waals surface area contributed by atoms with Crippen LogP contribution in [-0.4, -0.2) is 39.3 Å². The molecule has 3 aromatic rings. The highest BCUT2D eigenvalue weighted by Gasteiger charge is 2.32. The van der Waals surface area contributed by atoms with Crippen LogP contribution < -0.4 is 10.6 Å². The molecule has 10 heteroatoms. The molecular weight excluding hydrogens is 532 g/mol. The Morgan fingerprint density at radius 2 is 1.67 bits per heavy atom. The Balaban J connectivity index is 1.62. The molecule has 1 unspecified atom stereocenters. The van der Waals surface area contributed by atoms with Crippen LogP contribution in [0.1, 0.15) is 58.3 Å². The number of primary amides is 1. The van der Waals surface area contributed by atoms with Gasteiger partial charge in [0.1, 0.15) is 6.67 Å². The number of sulfone groups is 1. The van der Waals surface area contributed by atoms with Crippen LogP contribution >= 0.6 is 0 Å². The van der Waals surface area contributed by atoms with Crippen LogP contribution in [0.15, 0.2) is 71.6 Å². The number of hydrogen-bond acceptors (Lipinski definition) is 4. The summed E-state index contributed by atoms with van der Waals surface area (Å²) >= 11 is 0.